The molecule has 1 N–H and O–H groups in total. The van der Waals surface area contributed by atoms with Gasteiger partial charge >= 0.3 is 5.97 Å². The van der Waals surface area contributed by atoms with E-state index in [0.717, 1.165) is 21.5 Å². The summed E-state index contributed by atoms with van der Waals surface area (Å²) in [5.74, 6) is -0.194. The van der Waals surface area contributed by atoms with Crippen LogP contribution in [0.5, 0.6) is 0 Å². The van der Waals surface area contributed by atoms with Gasteiger partial charge in [0.25, 0.3) is 0 Å². The zero-order valence-corrected chi connectivity index (χ0v) is 8.90. The van der Waals surface area contributed by atoms with Crippen molar-refractivity contribution in [3.05, 3.63) is 22.7 Å². The monoisotopic (exact) mass is 209 g/mol. The van der Waals surface area contributed by atoms with E-state index < -0.39 is 0 Å². The highest BCUT2D eigenvalue weighted by Crippen LogP contribution is 2.26. The van der Waals surface area contributed by atoms with Crippen LogP contribution in [0, 0.1) is 6.92 Å². The van der Waals surface area contributed by atoms with Gasteiger partial charge in [0.1, 0.15) is 4.83 Å². The lowest BCUT2D eigenvalue weighted by atomic mass is 10.1. The van der Waals surface area contributed by atoms with E-state index in [1.165, 1.54) is 7.11 Å². The Kier molecular flexibility index (Phi) is 2.29. The fraction of sp³-hybridized carbons (Fsp3) is 0.300. The largest absolute Gasteiger partial charge is 0.469 e. The summed E-state index contributed by atoms with van der Waals surface area (Å²) in [5, 5.41) is 3.15. The van der Waals surface area contributed by atoms with Gasteiger partial charge in [-0.05, 0) is 23.9 Å². The molecular weight excluding hydrogens is 198 g/mol. The maximum atomic E-state index is 11.2. The highest BCUT2D eigenvalue weighted by atomic mass is 32.1. The number of fused-ring (bicyclic) bond motifs is 1. The first kappa shape index (κ1) is 9.27. The number of carbonyl (C=O) groups is 1. The molecule has 2 aromatic rings. The van der Waals surface area contributed by atoms with Crippen molar-refractivity contribution in [3.63, 3.8) is 0 Å². The van der Waals surface area contributed by atoms with Gasteiger partial charge in [0.05, 0.1) is 13.5 Å². The number of carbonyl (C=O) groups excluding carboxylic acids is 1. The predicted molar refractivity (Wildman–Crippen MR) is 56.6 cm³/mol. The molecule has 0 aliphatic heterocycles. The molecule has 2 aromatic heterocycles. The summed E-state index contributed by atoms with van der Waals surface area (Å²) < 4.78 is 4.65. The Morgan fingerprint density at radius 3 is 3.14 bits per heavy atom. The average Bonchev–Trinajstić information content (AvgIpc) is 2.70. The van der Waals surface area contributed by atoms with Gasteiger partial charge in [-0.2, -0.15) is 0 Å². The first-order chi connectivity index (χ1) is 6.72. The maximum absolute atomic E-state index is 11.2. The third kappa shape index (κ3) is 1.42. The van der Waals surface area contributed by atoms with Crippen molar-refractivity contribution >= 4 is 27.5 Å². The molecule has 0 unspecified atom stereocenters. The minimum atomic E-state index is -0.194. The van der Waals surface area contributed by atoms with Gasteiger partial charge in [-0.1, -0.05) is 0 Å². The van der Waals surface area contributed by atoms with E-state index >= 15 is 0 Å². The lowest BCUT2D eigenvalue weighted by Crippen LogP contribution is -2.04. The summed E-state index contributed by atoms with van der Waals surface area (Å²) in [4.78, 5) is 15.5. The topological polar surface area (TPSA) is 42.1 Å². The van der Waals surface area contributed by atoms with Gasteiger partial charge in [-0.25, -0.2) is 0 Å². The van der Waals surface area contributed by atoms with Gasteiger partial charge < -0.3 is 9.72 Å². The van der Waals surface area contributed by atoms with Crippen LogP contribution in [0.25, 0.3) is 10.2 Å². The van der Waals surface area contributed by atoms with E-state index in [1.54, 1.807) is 11.3 Å². The lowest BCUT2D eigenvalue weighted by Gasteiger charge is -1.98. The molecule has 0 aromatic carbocycles. The van der Waals surface area contributed by atoms with Crippen LogP contribution in [0.3, 0.4) is 0 Å². The van der Waals surface area contributed by atoms with Crippen LogP contribution in [0.2, 0.25) is 0 Å². The summed E-state index contributed by atoms with van der Waals surface area (Å²) in [6.45, 7) is 1.98. The van der Waals surface area contributed by atoms with Gasteiger partial charge in [0, 0.05) is 11.1 Å². The number of rotatable bonds is 2. The van der Waals surface area contributed by atoms with Crippen molar-refractivity contribution in [1.29, 1.82) is 0 Å². The van der Waals surface area contributed by atoms with Crippen molar-refractivity contribution in [2.45, 2.75) is 13.3 Å². The molecule has 0 amide bonds. The van der Waals surface area contributed by atoms with Crippen LogP contribution in [0.4, 0.5) is 0 Å². The zero-order valence-electron chi connectivity index (χ0n) is 8.09. The van der Waals surface area contributed by atoms with Crippen LogP contribution >= 0.6 is 11.3 Å². The van der Waals surface area contributed by atoms with Gasteiger partial charge in [-0.15, -0.1) is 11.3 Å². The van der Waals surface area contributed by atoms with Gasteiger partial charge in [0.15, 0.2) is 0 Å². The molecule has 2 heterocycles. The Morgan fingerprint density at radius 1 is 1.64 bits per heavy atom. The molecule has 0 saturated heterocycles. The second-order valence-electron chi connectivity index (χ2n) is 3.14. The van der Waals surface area contributed by atoms with E-state index in [1.807, 2.05) is 18.4 Å². The first-order valence-corrected chi connectivity index (χ1v) is 5.22. The van der Waals surface area contributed by atoms with Crippen LogP contribution in [0.1, 0.15) is 11.3 Å². The van der Waals surface area contributed by atoms with Crippen molar-refractivity contribution in [1.82, 2.24) is 4.98 Å². The number of H-pyrrole nitrogens is 1. The van der Waals surface area contributed by atoms with Crippen LogP contribution in [-0.2, 0) is 16.0 Å². The molecule has 2 rings (SSSR count). The smallest absolute Gasteiger partial charge is 0.310 e. The first-order valence-electron chi connectivity index (χ1n) is 4.34. The molecule has 0 bridgehead atoms. The Balaban J connectivity index is 2.43. The fourth-order valence-corrected chi connectivity index (χ4v) is 2.41. The van der Waals surface area contributed by atoms with E-state index in [0.29, 0.717) is 6.42 Å². The predicted octanol–water partition coefficient (Wildman–Crippen LogP) is 2.25. The molecule has 0 spiro atoms. The standard InChI is InChI=1S/C10H11NO2S/c1-6-8(5-9(12)13-2)7-3-4-14-10(7)11-6/h3-4,11H,5H2,1-2H3. The summed E-state index contributed by atoms with van der Waals surface area (Å²) in [7, 11) is 1.41. The van der Waals surface area contributed by atoms with Crippen molar-refractivity contribution < 1.29 is 9.53 Å². The molecule has 74 valence electrons. The third-order valence-corrected chi connectivity index (χ3v) is 3.12. The normalized spacial score (nSPS) is 10.7. The minimum absolute atomic E-state index is 0.194. The van der Waals surface area contributed by atoms with Crippen LogP contribution < -0.4 is 0 Å². The van der Waals surface area contributed by atoms with Gasteiger partial charge in [-0.3, -0.25) is 4.79 Å². The zero-order chi connectivity index (χ0) is 10.1. The van der Waals surface area contributed by atoms with Crippen molar-refractivity contribution in [2.24, 2.45) is 0 Å². The third-order valence-electron chi connectivity index (χ3n) is 2.29. The van der Waals surface area contributed by atoms with Crippen LogP contribution in [-0.4, -0.2) is 18.1 Å². The molecule has 0 aliphatic rings. The number of aromatic amines is 1. The van der Waals surface area contributed by atoms with E-state index in [2.05, 4.69) is 9.72 Å². The van der Waals surface area contributed by atoms with E-state index in [9.17, 15) is 4.79 Å². The number of esters is 1. The Labute approximate surface area is 85.7 Å². The Bertz CT molecular complexity index is 469. The number of hydrogen-bond donors (Lipinski definition) is 1. The number of nitrogens with one attached hydrogen (secondary N) is 1. The highest BCUT2D eigenvalue weighted by Gasteiger charge is 2.12. The molecule has 3 nitrogen and oxygen atoms in total. The van der Waals surface area contributed by atoms with E-state index in [4.69, 9.17) is 0 Å². The second-order valence-corrected chi connectivity index (χ2v) is 4.06. The molecule has 0 fully saturated rings. The fourth-order valence-electron chi connectivity index (χ4n) is 1.54. The van der Waals surface area contributed by atoms with Crippen molar-refractivity contribution in [3.8, 4) is 0 Å². The SMILES string of the molecule is COC(=O)Cc1c(C)[nH]c2sccc12. The van der Waals surface area contributed by atoms with Crippen molar-refractivity contribution in [2.75, 3.05) is 7.11 Å². The number of thiophene rings is 1. The lowest BCUT2D eigenvalue weighted by molar-refractivity contribution is -0.139. The number of aryl methyl sites for hydroxylation is 1. The highest BCUT2D eigenvalue weighted by molar-refractivity contribution is 7.16. The molecule has 4 heteroatoms. The summed E-state index contributed by atoms with van der Waals surface area (Å²) in [5.41, 5.74) is 2.10. The molecular formula is C10H11NO2S. The molecule has 0 atom stereocenters. The summed E-state index contributed by atoms with van der Waals surface area (Å²) in [6.07, 6.45) is 0.346. The molecule has 0 radical (unpaired) electrons. The number of hydrogen-bond acceptors (Lipinski definition) is 3. The van der Waals surface area contributed by atoms with Gasteiger partial charge in [0.2, 0.25) is 0 Å². The minimum Gasteiger partial charge on any atom is -0.469 e. The molecule has 14 heavy (non-hydrogen) atoms. The quantitative estimate of drug-likeness (QED) is 0.771. The summed E-state index contributed by atoms with van der Waals surface area (Å²) in [6, 6.07) is 2.03. The molecule has 0 saturated carbocycles. The Hall–Kier alpha value is -1.29. The average molecular weight is 209 g/mol. The molecule has 0 aliphatic carbocycles. The number of aromatic nitrogens is 1. The summed E-state index contributed by atoms with van der Waals surface area (Å²) >= 11 is 1.65. The number of ether oxygens (including phenoxy) is 1. The maximum Gasteiger partial charge on any atom is 0.310 e. The Morgan fingerprint density at radius 2 is 2.43 bits per heavy atom. The number of methoxy groups -OCH3 is 1. The van der Waals surface area contributed by atoms with Crippen LogP contribution in [0.15, 0.2) is 11.4 Å². The second kappa shape index (κ2) is 3.46. The van der Waals surface area contributed by atoms with E-state index in [-0.39, 0.29) is 5.97 Å².